The van der Waals surface area contributed by atoms with Crippen LogP contribution in [-0.2, 0) is 11.3 Å². The average molecular weight is 266 g/mol. The van der Waals surface area contributed by atoms with Crippen LogP contribution in [0.15, 0.2) is 6.20 Å². The summed E-state index contributed by atoms with van der Waals surface area (Å²) < 4.78 is 1.28. The molecule has 1 aliphatic heterocycles. The van der Waals surface area contributed by atoms with Crippen molar-refractivity contribution in [3.63, 3.8) is 0 Å². The fourth-order valence-electron chi connectivity index (χ4n) is 2.39. The van der Waals surface area contributed by atoms with Crippen LogP contribution in [0.5, 0.6) is 0 Å². The summed E-state index contributed by atoms with van der Waals surface area (Å²) >= 11 is 0. The van der Waals surface area contributed by atoms with Gasteiger partial charge in [-0.1, -0.05) is 12.1 Å². The van der Waals surface area contributed by atoms with E-state index in [0.717, 1.165) is 19.4 Å². The lowest BCUT2D eigenvalue weighted by Gasteiger charge is -2.37. The summed E-state index contributed by atoms with van der Waals surface area (Å²) in [5, 5.41) is 15.9. The van der Waals surface area contributed by atoms with E-state index in [0.29, 0.717) is 5.92 Å². The van der Waals surface area contributed by atoms with E-state index in [1.807, 2.05) is 11.8 Å². The molecule has 104 valence electrons. The topological polar surface area (TPSA) is 88.3 Å². The second-order valence-electron chi connectivity index (χ2n) is 5.05. The Morgan fingerprint density at radius 1 is 1.47 bits per heavy atom. The highest BCUT2D eigenvalue weighted by molar-refractivity contribution is 5.84. The number of carbonyl (C=O) groups excluding carboxylic acids is 1. The predicted octanol–water partition coefficient (Wildman–Crippen LogP) is 0.623. The molecular weight excluding hydrogens is 248 g/mol. The molecule has 2 atom stereocenters. The Hall–Kier alpha value is -1.92. The van der Waals surface area contributed by atoms with Gasteiger partial charge in [-0.2, -0.15) is 0 Å². The summed E-state index contributed by atoms with van der Waals surface area (Å²) in [7, 11) is 0. The van der Waals surface area contributed by atoms with Crippen molar-refractivity contribution in [2.24, 2.45) is 5.92 Å². The summed E-state index contributed by atoms with van der Waals surface area (Å²) in [5.41, 5.74) is -0.145. The van der Waals surface area contributed by atoms with Crippen LogP contribution in [-0.4, -0.2) is 49.5 Å². The normalized spacial score (nSPS) is 23.4. The first-order valence-corrected chi connectivity index (χ1v) is 6.42. The fourth-order valence-corrected chi connectivity index (χ4v) is 2.39. The number of hydrogen-bond donors (Lipinski definition) is 1. The number of amides is 1. The number of hydrogen-bond acceptors (Lipinski definition) is 4. The Bertz CT molecular complexity index is 485. The first-order valence-electron chi connectivity index (χ1n) is 6.42. The van der Waals surface area contributed by atoms with Crippen LogP contribution < -0.4 is 0 Å². The largest absolute Gasteiger partial charge is 0.476 e. The number of rotatable bonds is 3. The van der Waals surface area contributed by atoms with E-state index in [9.17, 15) is 9.59 Å². The van der Waals surface area contributed by atoms with Crippen LogP contribution in [0.2, 0.25) is 0 Å². The molecule has 1 aromatic heterocycles. The third-order valence-corrected chi connectivity index (χ3v) is 3.75. The lowest BCUT2D eigenvalue weighted by Crippen LogP contribution is -2.47. The van der Waals surface area contributed by atoms with E-state index in [4.69, 9.17) is 5.11 Å². The van der Waals surface area contributed by atoms with E-state index in [1.165, 1.54) is 10.9 Å². The first-order chi connectivity index (χ1) is 8.99. The average Bonchev–Trinajstić information content (AvgIpc) is 2.81. The van der Waals surface area contributed by atoms with Crippen LogP contribution in [0.1, 0.15) is 37.2 Å². The Labute approximate surface area is 111 Å². The quantitative estimate of drug-likeness (QED) is 0.866. The van der Waals surface area contributed by atoms with E-state index >= 15 is 0 Å². The summed E-state index contributed by atoms with van der Waals surface area (Å²) in [6, 6.07) is 0.212. The van der Waals surface area contributed by atoms with Gasteiger partial charge in [-0.3, -0.25) is 4.79 Å². The lowest BCUT2D eigenvalue weighted by molar-refractivity contribution is -0.136. The third kappa shape index (κ3) is 2.91. The molecule has 2 rings (SSSR count). The minimum atomic E-state index is -1.14. The Balaban J connectivity index is 2.01. The van der Waals surface area contributed by atoms with Crippen molar-refractivity contribution in [3.8, 4) is 0 Å². The van der Waals surface area contributed by atoms with Crippen molar-refractivity contribution in [1.82, 2.24) is 19.9 Å². The molecule has 1 N–H and O–H groups in total. The number of carboxylic acids is 1. The third-order valence-electron chi connectivity index (χ3n) is 3.75. The lowest BCUT2D eigenvalue weighted by atomic mass is 9.92. The molecule has 0 bridgehead atoms. The summed E-state index contributed by atoms with van der Waals surface area (Å²) in [6.45, 7) is 4.98. The van der Waals surface area contributed by atoms with Gasteiger partial charge in [0.05, 0.1) is 6.20 Å². The molecule has 7 heteroatoms. The van der Waals surface area contributed by atoms with Crippen LogP contribution in [0, 0.1) is 5.92 Å². The number of nitrogens with zero attached hydrogens (tertiary/aromatic N) is 4. The van der Waals surface area contributed by atoms with Gasteiger partial charge in [-0.05, 0) is 25.7 Å². The van der Waals surface area contributed by atoms with Crippen molar-refractivity contribution in [1.29, 1.82) is 0 Å². The standard InChI is InChI=1S/C12H18N4O3/c1-8-4-3-5-16(9(8)2)11(17)7-15-6-10(12(18)19)13-14-15/h6,8-9H,3-5,7H2,1-2H3,(H,18,19). The number of aromatic carboxylic acids is 1. The maximum atomic E-state index is 12.2. The van der Waals surface area contributed by atoms with Crippen molar-refractivity contribution in [2.45, 2.75) is 39.3 Å². The number of piperidine rings is 1. The molecule has 1 fully saturated rings. The maximum absolute atomic E-state index is 12.2. The van der Waals surface area contributed by atoms with E-state index in [2.05, 4.69) is 17.2 Å². The van der Waals surface area contributed by atoms with Crippen molar-refractivity contribution >= 4 is 11.9 Å². The van der Waals surface area contributed by atoms with Gasteiger partial charge in [-0.25, -0.2) is 9.48 Å². The van der Waals surface area contributed by atoms with E-state index in [1.54, 1.807) is 0 Å². The highest BCUT2D eigenvalue weighted by Crippen LogP contribution is 2.22. The Kier molecular flexibility index (Phi) is 3.82. The highest BCUT2D eigenvalue weighted by atomic mass is 16.4. The molecule has 19 heavy (non-hydrogen) atoms. The van der Waals surface area contributed by atoms with Gasteiger partial charge in [0.15, 0.2) is 5.69 Å². The summed E-state index contributed by atoms with van der Waals surface area (Å²) in [6.07, 6.45) is 3.42. The Morgan fingerprint density at radius 2 is 2.21 bits per heavy atom. The van der Waals surface area contributed by atoms with E-state index < -0.39 is 5.97 Å². The SMILES string of the molecule is CC1CCCN(C(=O)Cn2cc(C(=O)O)nn2)C1C. The molecule has 0 radical (unpaired) electrons. The second kappa shape index (κ2) is 5.38. The minimum absolute atomic E-state index is 0.0390. The molecular formula is C12H18N4O3. The van der Waals surface area contributed by atoms with Crippen molar-refractivity contribution < 1.29 is 14.7 Å². The van der Waals surface area contributed by atoms with Crippen LogP contribution in [0.4, 0.5) is 0 Å². The molecule has 7 nitrogen and oxygen atoms in total. The van der Waals surface area contributed by atoms with Gasteiger partial charge in [0.25, 0.3) is 0 Å². The molecule has 2 heterocycles. The number of likely N-dealkylation sites (tertiary alicyclic amines) is 1. The molecule has 1 amide bonds. The van der Waals surface area contributed by atoms with Crippen LogP contribution in [0.3, 0.4) is 0 Å². The zero-order valence-corrected chi connectivity index (χ0v) is 11.1. The monoisotopic (exact) mass is 266 g/mol. The molecule has 1 aliphatic rings. The van der Waals surface area contributed by atoms with Gasteiger partial charge >= 0.3 is 5.97 Å². The van der Waals surface area contributed by atoms with Crippen LogP contribution >= 0.6 is 0 Å². The predicted molar refractivity (Wildman–Crippen MR) is 66.6 cm³/mol. The molecule has 2 unspecified atom stereocenters. The van der Waals surface area contributed by atoms with Gasteiger partial charge in [0.1, 0.15) is 6.54 Å². The van der Waals surface area contributed by atoms with Crippen molar-refractivity contribution in [2.75, 3.05) is 6.54 Å². The number of aromatic nitrogens is 3. The molecule has 0 saturated carbocycles. The smallest absolute Gasteiger partial charge is 0.358 e. The van der Waals surface area contributed by atoms with Gasteiger partial charge < -0.3 is 10.0 Å². The zero-order valence-electron chi connectivity index (χ0n) is 11.1. The second-order valence-corrected chi connectivity index (χ2v) is 5.05. The molecule has 0 spiro atoms. The fraction of sp³-hybridized carbons (Fsp3) is 0.667. The number of carboxylic acid groups (broad SMARTS) is 1. The van der Waals surface area contributed by atoms with Gasteiger partial charge in [0, 0.05) is 12.6 Å². The van der Waals surface area contributed by atoms with Gasteiger partial charge in [0.2, 0.25) is 5.91 Å². The highest BCUT2D eigenvalue weighted by Gasteiger charge is 2.28. The van der Waals surface area contributed by atoms with E-state index in [-0.39, 0.29) is 24.2 Å². The van der Waals surface area contributed by atoms with Crippen LogP contribution in [0.25, 0.3) is 0 Å². The summed E-state index contributed by atoms with van der Waals surface area (Å²) in [4.78, 5) is 24.7. The molecule has 1 saturated heterocycles. The first kappa shape index (κ1) is 13.5. The molecule has 0 aliphatic carbocycles. The minimum Gasteiger partial charge on any atom is -0.476 e. The summed E-state index contributed by atoms with van der Waals surface area (Å²) in [5.74, 6) is -0.692. The number of carbonyl (C=O) groups is 2. The van der Waals surface area contributed by atoms with Gasteiger partial charge in [-0.15, -0.1) is 5.10 Å². The Morgan fingerprint density at radius 3 is 2.84 bits per heavy atom. The molecule has 1 aromatic rings. The zero-order chi connectivity index (χ0) is 14.0. The maximum Gasteiger partial charge on any atom is 0.358 e. The molecule has 0 aromatic carbocycles. The van der Waals surface area contributed by atoms with Crippen molar-refractivity contribution in [3.05, 3.63) is 11.9 Å².